The molecule has 0 saturated carbocycles. The van der Waals surface area contributed by atoms with Gasteiger partial charge in [-0.1, -0.05) is 0 Å². The van der Waals surface area contributed by atoms with Crippen LogP contribution in [0.25, 0.3) is 0 Å². The normalized spacial score (nSPS) is 11.4. The molecule has 14 heavy (non-hydrogen) atoms. The monoisotopic (exact) mass is 199 g/mol. The van der Waals surface area contributed by atoms with Crippen molar-refractivity contribution in [2.24, 2.45) is 17.2 Å². The van der Waals surface area contributed by atoms with Crippen molar-refractivity contribution < 1.29 is 0 Å². The van der Waals surface area contributed by atoms with Gasteiger partial charge in [-0.25, -0.2) is 0 Å². The molecule has 0 fully saturated rings. The van der Waals surface area contributed by atoms with Crippen LogP contribution in [0.4, 0.5) is 17.8 Å². The van der Waals surface area contributed by atoms with Gasteiger partial charge in [-0.05, 0) is 0 Å². The Morgan fingerprint density at radius 2 is 1.50 bits per heavy atom. The minimum atomic E-state index is -1.35. The van der Waals surface area contributed by atoms with Crippen LogP contribution in [0.5, 0.6) is 0 Å². The molecule has 0 radical (unpaired) electrons. The number of anilines is 3. The van der Waals surface area contributed by atoms with Crippen LogP contribution in [-0.4, -0.2) is 27.3 Å². The molecule has 0 bridgehead atoms. The molecule has 11 N–H and O–H groups in total. The van der Waals surface area contributed by atoms with Gasteiger partial charge >= 0.3 is 0 Å². The molecule has 0 aliphatic carbocycles. The first kappa shape index (κ1) is 10.4. The Labute approximate surface area is 80.1 Å². The van der Waals surface area contributed by atoms with Crippen molar-refractivity contribution in [3.8, 4) is 0 Å². The number of hydrogen-bond donors (Lipinski definition) is 6. The standard InChI is InChI=1S/C5H13N9/c6-2-12-3(7)14-4(13-2)11-1-5(8,9)10/h1,8-10H2,(H5,6,7,11,12,13,14). The zero-order valence-electron chi connectivity index (χ0n) is 7.44. The number of aromatic nitrogens is 3. The summed E-state index contributed by atoms with van der Waals surface area (Å²) in [5, 5.41) is 2.67. The predicted molar refractivity (Wildman–Crippen MR) is 52.4 cm³/mol. The highest BCUT2D eigenvalue weighted by Crippen LogP contribution is 2.02. The molecule has 0 unspecified atom stereocenters. The second-order valence-electron chi connectivity index (χ2n) is 2.84. The van der Waals surface area contributed by atoms with Gasteiger partial charge in [-0.15, -0.1) is 0 Å². The van der Waals surface area contributed by atoms with Gasteiger partial charge in [0.25, 0.3) is 0 Å². The lowest BCUT2D eigenvalue weighted by Gasteiger charge is -2.18. The minimum absolute atomic E-state index is 0.0108. The van der Waals surface area contributed by atoms with Gasteiger partial charge in [0.15, 0.2) is 0 Å². The number of nitrogen functional groups attached to an aromatic ring is 2. The summed E-state index contributed by atoms with van der Waals surface area (Å²) in [6.07, 6.45) is 0. The quantitative estimate of drug-likeness (QED) is 0.276. The molecule has 1 aromatic rings. The molecule has 0 aromatic carbocycles. The molecule has 0 aliphatic heterocycles. The van der Waals surface area contributed by atoms with Crippen LogP contribution in [0.1, 0.15) is 0 Å². The largest absolute Gasteiger partial charge is 0.368 e. The summed E-state index contributed by atoms with van der Waals surface area (Å²) in [6, 6.07) is 0. The number of nitrogens with two attached hydrogens (primary N) is 5. The topological polar surface area (TPSA) is 181 Å². The maximum absolute atomic E-state index is 5.32. The molecule has 0 spiro atoms. The lowest BCUT2D eigenvalue weighted by Crippen LogP contribution is -2.62. The van der Waals surface area contributed by atoms with E-state index < -0.39 is 5.79 Å². The summed E-state index contributed by atoms with van der Waals surface area (Å²) in [5.74, 6) is -1.15. The zero-order chi connectivity index (χ0) is 10.8. The van der Waals surface area contributed by atoms with Crippen LogP contribution < -0.4 is 34.0 Å². The Morgan fingerprint density at radius 3 is 1.93 bits per heavy atom. The van der Waals surface area contributed by atoms with E-state index in [1.807, 2.05) is 0 Å². The summed E-state index contributed by atoms with van der Waals surface area (Å²) in [4.78, 5) is 11.0. The van der Waals surface area contributed by atoms with Crippen LogP contribution in [-0.2, 0) is 0 Å². The third kappa shape index (κ3) is 3.35. The molecule has 78 valence electrons. The fraction of sp³-hybridized carbons (Fsp3) is 0.400. The van der Waals surface area contributed by atoms with Crippen molar-refractivity contribution in [3.05, 3.63) is 0 Å². The molecule has 1 heterocycles. The van der Waals surface area contributed by atoms with Crippen molar-refractivity contribution in [1.82, 2.24) is 15.0 Å². The maximum atomic E-state index is 5.32. The summed E-state index contributed by atoms with van der Waals surface area (Å²) >= 11 is 0. The summed E-state index contributed by atoms with van der Waals surface area (Å²) < 4.78 is 0. The molecule has 1 rings (SSSR count). The van der Waals surface area contributed by atoms with E-state index in [0.717, 1.165) is 0 Å². The van der Waals surface area contributed by atoms with Gasteiger partial charge in [-0.3, -0.25) is 17.2 Å². The summed E-state index contributed by atoms with van der Waals surface area (Å²) in [5.41, 5.74) is 26.6. The van der Waals surface area contributed by atoms with E-state index in [4.69, 9.17) is 28.7 Å². The third-order valence-corrected chi connectivity index (χ3v) is 1.22. The maximum Gasteiger partial charge on any atom is 0.229 e. The van der Waals surface area contributed by atoms with Crippen LogP contribution in [0.3, 0.4) is 0 Å². The molecule has 1 aromatic heterocycles. The van der Waals surface area contributed by atoms with Gasteiger partial charge in [0, 0.05) is 0 Å². The molecule has 0 aliphatic rings. The van der Waals surface area contributed by atoms with E-state index in [2.05, 4.69) is 20.3 Å². The van der Waals surface area contributed by atoms with E-state index in [-0.39, 0.29) is 24.4 Å². The van der Waals surface area contributed by atoms with Crippen molar-refractivity contribution in [2.45, 2.75) is 5.79 Å². The molecular weight excluding hydrogens is 186 g/mol. The predicted octanol–water partition coefficient (Wildman–Crippen LogP) is -3.02. The van der Waals surface area contributed by atoms with Crippen molar-refractivity contribution in [3.63, 3.8) is 0 Å². The van der Waals surface area contributed by atoms with Gasteiger partial charge in [0.05, 0.1) is 6.54 Å². The van der Waals surface area contributed by atoms with Gasteiger partial charge in [-0.2, -0.15) is 15.0 Å². The van der Waals surface area contributed by atoms with E-state index >= 15 is 0 Å². The van der Waals surface area contributed by atoms with Crippen LogP contribution in [0, 0.1) is 0 Å². The molecule has 9 heteroatoms. The highest BCUT2D eigenvalue weighted by atomic mass is 15.2. The van der Waals surface area contributed by atoms with Crippen molar-refractivity contribution in [1.29, 1.82) is 0 Å². The SMILES string of the molecule is Nc1nc(N)nc(NCC(N)(N)N)n1. The average molecular weight is 199 g/mol. The van der Waals surface area contributed by atoms with Crippen molar-refractivity contribution in [2.75, 3.05) is 23.3 Å². The average Bonchev–Trinajstić information content (AvgIpc) is 1.97. The van der Waals surface area contributed by atoms with E-state index in [0.29, 0.717) is 0 Å². The lowest BCUT2D eigenvalue weighted by molar-refractivity contribution is 0.487. The second-order valence-corrected chi connectivity index (χ2v) is 2.84. The molecular formula is C5H13N9. The fourth-order valence-electron chi connectivity index (χ4n) is 0.721. The molecule has 0 atom stereocenters. The number of nitrogens with zero attached hydrogens (tertiary/aromatic N) is 3. The Bertz CT molecular complexity index is 295. The zero-order valence-corrected chi connectivity index (χ0v) is 7.44. The first-order chi connectivity index (χ1) is 6.37. The smallest absolute Gasteiger partial charge is 0.229 e. The summed E-state index contributed by atoms with van der Waals surface area (Å²) in [7, 11) is 0. The molecule has 0 saturated heterocycles. The Hall–Kier alpha value is -1.71. The fourth-order valence-corrected chi connectivity index (χ4v) is 0.721. The number of nitrogens with one attached hydrogen (secondary N) is 1. The third-order valence-electron chi connectivity index (χ3n) is 1.22. The first-order valence-electron chi connectivity index (χ1n) is 3.74. The first-order valence-corrected chi connectivity index (χ1v) is 3.74. The van der Waals surface area contributed by atoms with Gasteiger partial charge < -0.3 is 16.8 Å². The van der Waals surface area contributed by atoms with E-state index in [9.17, 15) is 0 Å². The Kier molecular flexibility index (Phi) is 2.65. The lowest BCUT2D eigenvalue weighted by atomic mass is 10.4. The second kappa shape index (κ2) is 3.57. The number of rotatable bonds is 3. The molecule has 9 nitrogen and oxygen atoms in total. The Morgan fingerprint density at radius 1 is 1.00 bits per heavy atom. The van der Waals surface area contributed by atoms with Crippen LogP contribution >= 0.6 is 0 Å². The number of hydrogen-bond acceptors (Lipinski definition) is 9. The van der Waals surface area contributed by atoms with Crippen molar-refractivity contribution >= 4 is 17.8 Å². The van der Waals surface area contributed by atoms with Crippen LogP contribution in [0.2, 0.25) is 0 Å². The highest BCUT2D eigenvalue weighted by molar-refractivity contribution is 5.37. The molecule has 0 amide bonds. The van der Waals surface area contributed by atoms with E-state index in [1.165, 1.54) is 0 Å². The highest BCUT2D eigenvalue weighted by Gasteiger charge is 2.12. The minimum Gasteiger partial charge on any atom is -0.368 e. The van der Waals surface area contributed by atoms with Gasteiger partial charge in [0.1, 0.15) is 5.79 Å². The Balaban J connectivity index is 2.68. The van der Waals surface area contributed by atoms with Crippen LogP contribution in [0.15, 0.2) is 0 Å². The van der Waals surface area contributed by atoms with E-state index in [1.54, 1.807) is 0 Å². The summed E-state index contributed by atoms with van der Waals surface area (Å²) in [6.45, 7) is 0.0793. The van der Waals surface area contributed by atoms with Gasteiger partial charge in [0.2, 0.25) is 17.8 Å².